The van der Waals surface area contributed by atoms with E-state index in [4.69, 9.17) is 16.3 Å². The van der Waals surface area contributed by atoms with Gasteiger partial charge in [-0.15, -0.1) is 0 Å². The van der Waals surface area contributed by atoms with Crippen LogP contribution in [0.15, 0.2) is 61.2 Å². The third-order valence-corrected chi connectivity index (χ3v) is 6.97. The van der Waals surface area contributed by atoms with Crippen LogP contribution in [0.2, 0.25) is 5.02 Å². The van der Waals surface area contributed by atoms with Crippen LogP contribution in [0.3, 0.4) is 0 Å². The minimum absolute atomic E-state index is 0.106. The maximum absolute atomic E-state index is 12.8. The van der Waals surface area contributed by atoms with Gasteiger partial charge in [0.25, 0.3) is 0 Å². The van der Waals surface area contributed by atoms with Crippen molar-refractivity contribution >= 4 is 33.2 Å². The minimum Gasteiger partial charge on any atom is -0.490 e. The van der Waals surface area contributed by atoms with Gasteiger partial charge in [-0.05, 0) is 54.8 Å². The SMILES string of the molecule is C=CCOc1ccc(NC(=O)[C@H]2CCCN(S(=O)(=O)Cc3ccc(Cl)cc3)C2)cc1. The fourth-order valence-corrected chi connectivity index (χ4v) is 5.06. The molecule has 0 aromatic heterocycles. The van der Waals surface area contributed by atoms with Gasteiger partial charge in [0.15, 0.2) is 0 Å². The zero-order chi connectivity index (χ0) is 21.6. The molecule has 1 aliphatic heterocycles. The van der Waals surface area contributed by atoms with Crippen molar-refractivity contribution < 1.29 is 17.9 Å². The number of nitrogens with one attached hydrogen (secondary N) is 1. The number of carbonyl (C=O) groups is 1. The number of amides is 1. The lowest BCUT2D eigenvalue weighted by molar-refractivity contribution is -0.120. The molecule has 0 spiro atoms. The number of hydrogen-bond acceptors (Lipinski definition) is 4. The number of benzene rings is 2. The van der Waals surface area contributed by atoms with Crippen molar-refractivity contribution in [3.8, 4) is 5.75 Å². The molecule has 2 aromatic rings. The molecule has 0 aliphatic carbocycles. The fraction of sp³-hybridized carbons (Fsp3) is 0.318. The van der Waals surface area contributed by atoms with Crippen LogP contribution in [0.1, 0.15) is 18.4 Å². The Bertz CT molecular complexity index is 975. The van der Waals surface area contributed by atoms with E-state index in [1.54, 1.807) is 54.6 Å². The van der Waals surface area contributed by atoms with E-state index in [1.165, 1.54) is 4.31 Å². The van der Waals surface area contributed by atoms with Gasteiger partial charge in [-0.2, -0.15) is 0 Å². The maximum Gasteiger partial charge on any atom is 0.228 e. The van der Waals surface area contributed by atoms with E-state index in [0.717, 1.165) is 0 Å². The first-order chi connectivity index (χ1) is 14.4. The van der Waals surface area contributed by atoms with Gasteiger partial charge < -0.3 is 10.1 Å². The summed E-state index contributed by atoms with van der Waals surface area (Å²) in [5, 5.41) is 3.43. The van der Waals surface area contributed by atoms with Gasteiger partial charge in [0.05, 0.1) is 11.7 Å². The zero-order valence-corrected chi connectivity index (χ0v) is 18.2. The Hall–Kier alpha value is -2.35. The summed E-state index contributed by atoms with van der Waals surface area (Å²) in [5.74, 6) is 0.00614. The number of nitrogens with zero attached hydrogens (tertiary/aromatic N) is 1. The maximum atomic E-state index is 12.8. The Kier molecular flexibility index (Phi) is 7.53. The molecule has 1 amide bonds. The molecule has 0 radical (unpaired) electrons. The van der Waals surface area contributed by atoms with Gasteiger partial charge in [0.1, 0.15) is 12.4 Å². The van der Waals surface area contributed by atoms with E-state index in [1.807, 2.05) is 0 Å². The van der Waals surface area contributed by atoms with Gasteiger partial charge in [-0.25, -0.2) is 12.7 Å². The molecule has 1 aliphatic rings. The molecule has 8 heteroatoms. The summed E-state index contributed by atoms with van der Waals surface area (Å²) >= 11 is 5.87. The van der Waals surface area contributed by atoms with Crippen LogP contribution >= 0.6 is 11.6 Å². The van der Waals surface area contributed by atoms with Gasteiger partial charge in [-0.3, -0.25) is 4.79 Å². The van der Waals surface area contributed by atoms with Crippen LogP contribution in [0.25, 0.3) is 0 Å². The molecule has 30 heavy (non-hydrogen) atoms. The highest BCUT2D eigenvalue weighted by molar-refractivity contribution is 7.88. The fourth-order valence-electron chi connectivity index (χ4n) is 3.33. The van der Waals surface area contributed by atoms with Crippen molar-refractivity contribution in [3.05, 3.63) is 71.8 Å². The van der Waals surface area contributed by atoms with Crippen molar-refractivity contribution in [2.75, 3.05) is 25.0 Å². The number of rotatable bonds is 8. The summed E-state index contributed by atoms with van der Waals surface area (Å²) in [6, 6.07) is 13.8. The highest BCUT2D eigenvalue weighted by Crippen LogP contribution is 2.24. The molecule has 1 heterocycles. The predicted octanol–water partition coefficient (Wildman–Crippen LogP) is 4.09. The second-order valence-corrected chi connectivity index (χ2v) is 9.60. The smallest absolute Gasteiger partial charge is 0.228 e. The van der Waals surface area contributed by atoms with E-state index in [2.05, 4.69) is 11.9 Å². The number of anilines is 1. The van der Waals surface area contributed by atoms with E-state index in [9.17, 15) is 13.2 Å². The van der Waals surface area contributed by atoms with E-state index in [-0.39, 0.29) is 18.2 Å². The average molecular weight is 449 g/mol. The minimum atomic E-state index is -3.52. The summed E-state index contributed by atoms with van der Waals surface area (Å²) in [7, 11) is -3.52. The Morgan fingerprint density at radius 3 is 2.57 bits per heavy atom. The molecule has 2 aromatic carbocycles. The van der Waals surface area contributed by atoms with Crippen LogP contribution < -0.4 is 10.1 Å². The van der Waals surface area contributed by atoms with E-state index >= 15 is 0 Å². The van der Waals surface area contributed by atoms with Crippen LogP contribution in [0.4, 0.5) is 5.69 Å². The third-order valence-electron chi connectivity index (χ3n) is 4.90. The molecular formula is C22H25ClN2O4S. The van der Waals surface area contributed by atoms with Gasteiger partial charge in [-0.1, -0.05) is 36.4 Å². The number of piperidine rings is 1. The van der Waals surface area contributed by atoms with Crippen LogP contribution in [-0.2, 0) is 20.6 Å². The highest BCUT2D eigenvalue weighted by Gasteiger charge is 2.32. The molecule has 3 rings (SSSR count). The van der Waals surface area contributed by atoms with Gasteiger partial charge in [0, 0.05) is 23.8 Å². The standard InChI is InChI=1S/C22H25ClN2O4S/c1-2-14-29-21-11-9-20(10-12-21)24-22(26)18-4-3-13-25(15-18)30(27,28)16-17-5-7-19(23)8-6-17/h2,5-12,18H,1,3-4,13-16H2,(H,24,26)/t18-/m0/s1. The zero-order valence-electron chi connectivity index (χ0n) is 16.6. The number of sulfonamides is 1. The predicted molar refractivity (Wildman–Crippen MR) is 119 cm³/mol. The van der Waals surface area contributed by atoms with Crippen LogP contribution in [-0.4, -0.2) is 38.3 Å². The van der Waals surface area contributed by atoms with E-state index < -0.39 is 15.9 Å². The highest BCUT2D eigenvalue weighted by atomic mass is 35.5. The lowest BCUT2D eigenvalue weighted by atomic mass is 9.99. The number of ether oxygens (including phenoxy) is 1. The molecule has 6 nitrogen and oxygen atoms in total. The first-order valence-electron chi connectivity index (χ1n) is 9.74. The molecule has 1 fully saturated rings. The molecule has 1 N–H and O–H groups in total. The molecule has 0 bridgehead atoms. The van der Waals surface area contributed by atoms with Crippen molar-refractivity contribution in [2.45, 2.75) is 18.6 Å². The summed E-state index contributed by atoms with van der Waals surface area (Å²) in [6.45, 7) is 4.62. The van der Waals surface area contributed by atoms with E-state index in [0.29, 0.717) is 48.0 Å². The summed E-state index contributed by atoms with van der Waals surface area (Å²) in [6.07, 6.45) is 2.96. The second kappa shape index (κ2) is 10.1. The Labute approximate surface area is 182 Å². The molecule has 0 unspecified atom stereocenters. The average Bonchev–Trinajstić information content (AvgIpc) is 2.75. The van der Waals surface area contributed by atoms with Gasteiger partial charge >= 0.3 is 0 Å². The number of hydrogen-bond donors (Lipinski definition) is 1. The molecule has 160 valence electrons. The third kappa shape index (κ3) is 6.08. The number of carbonyl (C=O) groups excluding carboxylic acids is 1. The summed E-state index contributed by atoms with van der Waals surface area (Å²) < 4.78 is 32.5. The first-order valence-corrected chi connectivity index (χ1v) is 11.7. The molecular weight excluding hydrogens is 424 g/mol. The van der Waals surface area contributed by atoms with Gasteiger partial charge in [0.2, 0.25) is 15.9 Å². The lowest BCUT2D eigenvalue weighted by Crippen LogP contribution is -2.44. The summed E-state index contributed by atoms with van der Waals surface area (Å²) in [5.41, 5.74) is 1.32. The largest absolute Gasteiger partial charge is 0.490 e. The normalized spacial score (nSPS) is 17.3. The van der Waals surface area contributed by atoms with Crippen LogP contribution in [0.5, 0.6) is 5.75 Å². The lowest BCUT2D eigenvalue weighted by Gasteiger charge is -2.31. The Morgan fingerprint density at radius 2 is 1.90 bits per heavy atom. The van der Waals surface area contributed by atoms with Crippen molar-refractivity contribution in [3.63, 3.8) is 0 Å². The summed E-state index contributed by atoms with van der Waals surface area (Å²) in [4.78, 5) is 12.7. The van der Waals surface area contributed by atoms with Crippen molar-refractivity contribution in [2.24, 2.45) is 5.92 Å². The first kappa shape index (κ1) is 22.3. The van der Waals surface area contributed by atoms with Crippen LogP contribution in [0, 0.1) is 5.92 Å². The number of halogens is 1. The monoisotopic (exact) mass is 448 g/mol. The molecule has 0 saturated carbocycles. The van der Waals surface area contributed by atoms with Crippen molar-refractivity contribution in [1.29, 1.82) is 0 Å². The molecule has 1 atom stereocenters. The van der Waals surface area contributed by atoms with Crippen molar-refractivity contribution in [1.82, 2.24) is 4.31 Å². The Balaban J connectivity index is 1.59. The topological polar surface area (TPSA) is 75.7 Å². The quantitative estimate of drug-likeness (QED) is 0.617. The second-order valence-electron chi connectivity index (χ2n) is 7.19. The Morgan fingerprint density at radius 1 is 1.20 bits per heavy atom. The molecule has 1 saturated heterocycles.